The molecule has 2 bridgehead atoms. The lowest BCUT2D eigenvalue weighted by atomic mass is 9.58. The third kappa shape index (κ3) is 2.65. The Morgan fingerprint density at radius 2 is 1.97 bits per heavy atom. The maximum absolute atomic E-state index is 12.9. The van der Waals surface area contributed by atoms with Crippen molar-refractivity contribution in [3.63, 3.8) is 0 Å². The van der Waals surface area contributed by atoms with E-state index in [1.165, 1.54) is 0 Å². The number of aliphatic hydroxyl groups is 4. The molecule has 0 aliphatic heterocycles. The minimum atomic E-state index is -2.08. The minimum absolute atomic E-state index is 0.00665. The molecule has 1 spiro atoms. The standard InChI is InChI=1S/C24H32N2O7/c1-10-8-23-11(2)6-15-16(22(15,4)5)14(19(23)29)7-13(9-27)18(28)24(23,31)20(10)32-21(30)17-12(3)25-33-26-17/h7-8,11,14-16,18-20,27-29,31H,6,9H2,1-5H3/t11-,14+,15-,16+,18-,19?,20+,23+,24+/m1/s1. The van der Waals surface area contributed by atoms with Crippen molar-refractivity contribution in [1.82, 2.24) is 10.3 Å². The Bertz CT molecular complexity index is 1060. The quantitative estimate of drug-likeness (QED) is 0.385. The second-order valence-corrected chi connectivity index (χ2v) is 11.0. The smallest absolute Gasteiger partial charge is 0.363 e. The predicted molar refractivity (Wildman–Crippen MR) is 115 cm³/mol. The summed E-state index contributed by atoms with van der Waals surface area (Å²) >= 11 is 0. The van der Waals surface area contributed by atoms with Crippen LogP contribution in [-0.4, -0.2) is 67.2 Å². The van der Waals surface area contributed by atoms with Gasteiger partial charge in [-0.15, -0.1) is 0 Å². The Morgan fingerprint density at radius 3 is 2.58 bits per heavy atom. The maximum Gasteiger partial charge on any atom is 0.363 e. The summed E-state index contributed by atoms with van der Waals surface area (Å²) in [5, 5.41) is 53.1. The minimum Gasteiger partial charge on any atom is -0.450 e. The van der Waals surface area contributed by atoms with Gasteiger partial charge in [-0.2, -0.15) is 0 Å². The van der Waals surface area contributed by atoms with Crippen molar-refractivity contribution < 1.29 is 34.6 Å². The van der Waals surface area contributed by atoms with Gasteiger partial charge >= 0.3 is 5.97 Å². The highest BCUT2D eigenvalue weighted by Crippen LogP contribution is 2.72. The van der Waals surface area contributed by atoms with E-state index in [1.807, 2.05) is 6.92 Å². The van der Waals surface area contributed by atoms with Crippen molar-refractivity contribution in [3.8, 4) is 0 Å². The van der Waals surface area contributed by atoms with Gasteiger partial charge in [-0.05, 0) is 59.7 Å². The number of aryl methyl sites for hydroxylation is 1. The summed E-state index contributed by atoms with van der Waals surface area (Å²) in [6, 6.07) is 0. The van der Waals surface area contributed by atoms with E-state index in [9.17, 15) is 25.2 Å². The Morgan fingerprint density at radius 1 is 1.27 bits per heavy atom. The van der Waals surface area contributed by atoms with Crippen LogP contribution in [0.2, 0.25) is 0 Å². The average Bonchev–Trinajstić information content (AvgIpc) is 3.02. The molecule has 180 valence electrons. The zero-order valence-corrected chi connectivity index (χ0v) is 19.5. The summed E-state index contributed by atoms with van der Waals surface area (Å²) in [4.78, 5) is 12.9. The lowest BCUT2D eigenvalue weighted by Crippen LogP contribution is -2.66. The van der Waals surface area contributed by atoms with Gasteiger partial charge in [0, 0.05) is 5.92 Å². The lowest BCUT2D eigenvalue weighted by molar-refractivity contribution is -0.215. The van der Waals surface area contributed by atoms with Crippen LogP contribution in [0.15, 0.2) is 27.9 Å². The topological polar surface area (TPSA) is 146 Å². The summed E-state index contributed by atoms with van der Waals surface area (Å²) in [6.07, 6.45) is 0.429. The van der Waals surface area contributed by atoms with Crippen LogP contribution < -0.4 is 0 Å². The summed E-state index contributed by atoms with van der Waals surface area (Å²) in [6.45, 7) is 9.10. The molecule has 0 amide bonds. The SMILES string of the molecule is CC1=C[C@]23C(O)[C@@H](C=C(CO)[C@@H](O)[C@]2(O)[C@H]1OC(=O)c1nonc1C)[C@H]1[C@@H](C[C@H]3C)C1(C)C. The highest BCUT2D eigenvalue weighted by Gasteiger charge is 2.76. The molecule has 9 heteroatoms. The lowest BCUT2D eigenvalue weighted by Gasteiger charge is -2.52. The fourth-order valence-corrected chi connectivity index (χ4v) is 7.48. The third-order valence-corrected chi connectivity index (χ3v) is 9.23. The Labute approximate surface area is 192 Å². The van der Waals surface area contributed by atoms with Crippen LogP contribution in [0.3, 0.4) is 0 Å². The number of esters is 1. The largest absolute Gasteiger partial charge is 0.450 e. The Hall–Kier alpha value is -2.07. The Balaban J connectivity index is 1.65. The number of carbonyl (C=O) groups is 1. The van der Waals surface area contributed by atoms with Crippen molar-refractivity contribution in [1.29, 1.82) is 0 Å². The molecular weight excluding hydrogens is 428 g/mol. The Kier molecular flexibility index (Phi) is 4.80. The average molecular weight is 461 g/mol. The van der Waals surface area contributed by atoms with Gasteiger partial charge in [0.1, 0.15) is 17.4 Å². The van der Waals surface area contributed by atoms with E-state index in [4.69, 9.17) is 4.74 Å². The molecular formula is C24H32N2O7. The monoisotopic (exact) mass is 460 g/mol. The van der Waals surface area contributed by atoms with Crippen LogP contribution in [0.1, 0.15) is 50.3 Å². The summed E-state index contributed by atoms with van der Waals surface area (Å²) in [5.41, 5.74) is -2.49. The van der Waals surface area contributed by atoms with Crippen LogP contribution >= 0.6 is 0 Å². The number of ether oxygens (including phenoxy) is 1. The number of nitrogens with zero attached hydrogens (tertiary/aromatic N) is 2. The molecule has 1 heterocycles. The van der Waals surface area contributed by atoms with Gasteiger partial charge in [0.25, 0.3) is 0 Å². The van der Waals surface area contributed by atoms with Gasteiger partial charge < -0.3 is 25.2 Å². The van der Waals surface area contributed by atoms with Crippen molar-refractivity contribution in [2.75, 3.05) is 6.61 Å². The number of aliphatic hydroxyl groups excluding tert-OH is 3. The first-order valence-electron chi connectivity index (χ1n) is 11.5. The normalized spacial score (nSPS) is 45.2. The molecule has 0 saturated heterocycles. The number of hydrogen-bond donors (Lipinski definition) is 4. The first-order valence-corrected chi connectivity index (χ1v) is 11.5. The number of rotatable bonds is 3. The van der Waals surface area contributed by atoms with Gasteiger partial charge in [-0.25, -0.2) is 9.42 Å². The molecule has 1 aromatic rings. The number of fused-ring (bicyclic) bond motifs is 3. The van der Waals surface area contributed by atoms with Gasteiger partial charge in [0.2, 0.25) is 5.69 Å². The van der Waals surface area contributed by atoms with E-state index in [2.05, 4.69) is 28.8 Å². The fraction of sp³-hybridized carbons (Fsp3) is 0.708. The summed E-state index contributed by atoms with van der Waals surface area (Å²) in [5.74, 6) is -0.946. The van der Waals surface area contributed by atoms with E-state index >= 15 is 0 Å². The molecule has 4 aliphatic rings. The molecule has 1 aromatic heterocycles. The van der Waals surface area contributed by atoms with Gasteiger partial charge in [0.05, 0.1) is 18.1 Å². The molecule has 33 heavy (non-hydrogen) atoms. The van der Waals surface area contributed by atoms with Crippen molar-refractivity contribution in [3.05, 3.63) is 34.7 Å². The van der Waals surface area contributed by atoms with Gasteiger partial charge in [-0.3, -0.25) is 0 Å². The predicted octanol–water partition coefficient (Wildman–Crippen LogP) is 1.16. The van der Waals surface area contributed by atoms with E-state index in [1.54, 1.807) is 26.0 Å². The maximum atomic E-state index is 12.9. The molecule has 0 radical (unpaired) electrons. The number of carbonyl (C=O) groups excluding carboxylic acids is 1. The zero-order valence-electron chi connectivity index (χ0n) is 19.5. The van der Waals surface area contributed by atoms with E-state index in [0.29, 0.717) is 11.5 Å². The van der Waals surface area contributed by atoms with E-state index < -0.39 is 41.9 Å². The molecule has 1 unspecified atom stereocenters. The van der Waals surface area contributed by atoms with E-state index in [-0.39, 0.29) is 40.1 Å². The van der Waals surface area contributed by atoms with Crippen LogP contribution in [0.4, 0.5) is 0 Å². The molecule has 2 saturated carbocycles. The van der Waals surface area contributed by atoms with Crippen molar-refractivity contribution in [2.45, 2.75) is 65.0 Å². The van der Waals surface area contributed by atoms with Crippen LogP contribution in [-0.2, 0) is 4.74 Å². The van der Waals surface area contributed by atoms with Gasteiger partial charge in [0.15, 0.2) is 6.10 Å². The van der Waals surface area contributed by atoms with Crippen LogP contribution in [0.25, 0.3) is 0 Å². The van der Waals surface area contributed by atoms with Crippen molar-refractivity contribution >= 4 is 5.97 Å². The number of aromatic nitrogens is 2. The first kappa shape index (κ1) is 22.7. The molecule has 4 N–H and O–H groups in total. The number of hydrogen-bond acceptors (Lipinski definition) is 9. The van der Waals surface area contributed by atoms with Gasteiger partial charge in [-0.1, -0.05) is 38.1 Å². The van der Waals surface area contributed by atoms with Crippen LogP contribution in [0, 0.1) is 41.4 Å². The molecule has 0 aromatic carbocycles. The first-order chi connectivity index (χ1) is 15.4. The van der Waals surface area contributed by atoms with Crippen LogP contribution in [0.5, 0.6) is 0 Å². The second kappa shape index (κ2) is 6.97. The molecule has 5 rings (SSSR count). The highest BCUT2D eigenvalue weighted by molar-refractivity contribution is 5.88. The van der Waals surface area contributed by atoms with Crippen molar-refractivity contribution in [2.24, 2.45) is 34.5 Å². The molecule has 2 fully saturated rings. The summed E-state index contributed by atoms with van der Waals surface area (Å²) in [7, 11) is 0. The van der Waals surface area contributed by atoms with E-state index in [0.717, 1.165) is 6.42 Å². The molecule has 9 nitrogen and oxygen atoms in total. The third-order valence-electron chi connectivity index (χ3n) is 9.23. The fourth-order valence-electron chi connectivity index (χ4n) is 7.48. The molecule has 4 aliphatic carbocycles. The molecule has 9 atom stereocenters. The second-order valence-electron chi connectivity index (χ2n) is 11.0. The highest BCUT2D eigenvalue weighted by atomic mass is 16.6. The summed E-state index contributed by atoms with van der Waals surface area (Å²) < 4.78 is 10.3. The zero-order chi connectivity index (χ0) is 24.1.